The third kappa shape index (κ3) is 5.47. The number of anilines is 1. The summed E-state index contributed by atoms with van der Waals surface area (Å²) in [6.45, 7) is 5.23. The number of aliphatic hydroxyl groups excluding tert-OH is 1. The van der Waals surface area contributed by atoms with Crippen molar-refractivity contribution in [1.29, 1.82) is 0 Å². The van der Waals surface area contributed by atoms with Crippen molar-refractivity contribution in [2.45, 2.75) is 25.8 Å². The quantitative estimate of drug-likeness (QED) is 0.276. The van der Waals surface area contributed by atoms with Crippen LogP contribution in [0.25, 0.3) is 22.0 Å². The maximum atomic E-state index is 11.3. The first-order valence-electron chi connectivity index (χ1n) is 11.4. The molecule has 0 bridgehead atoms. The largest absolute Gasteiger partial charge is 0.467 e. The average molecular weight is 451 g/mol. The Bertz CT molecular complexity index is 1090. The SMILES string of the molecule is CCOCOc1cc(C=O)ccc1-c1nnc(N[C@@H]2CCCN(CCO)C2)c2ccccc12. The van der Waals surface area contributed by atoms with Gasteiger partial charge in [-0.05, 0) is 38.4 Å². The average Bonchev–Trinajstić information content (AvgIpc) is 2.85. The van der Waals surface area contributed by atoms with Gasteiger partial charge in [0.15, 0.2) is 12.6 Å². The van der Waals surface area contributed by atoms with Crippen molar-refractivity contribution in [2.24, 2.45) is 0 Å². The number of nitrogens with one attached hydrogen (secondary N) is 1. The number of aldehydes is 1. The van der Waals surface area contributed by atoms with E-state index in [1.807, 2.05) is 37.3 Å². The molecule has 1 fully saturated rings. The molecule has 4 rings (SSSR count). The summed E-state index contributed by atoms with van der Waals surface area (Å²) in [7, 11) is 0. The van der Waals surface area contributed by atoms with Crippen LogP contribution >= 0.6 is 0 Å². The Morgan fingerprint density at radius 3 is 2.85 bits per heavy atom. The fourth-order valence-electron chi connectivity index (χ4n) is 4.24. The Balaban J connectivity index is 1.68. The maximum Gasteiger partial charge on any atom is 0.189 e. The Morgan fingerprint density at radius 2 is 2.06 bits per heavy atom. The monoisotopic (exact) mass is 450 g/mol. The predicted octanol–water partition coefficient (Wildman–Crippen LogP) is 3.35. The van der Waals surface area contributed by atoms with Gasteiger partial charge in [-0.2, -0.15) is 0 Å². The summed E-state index contributed by atoms with van der Waals surface area (Å²) in [6.07, 6.45) is 2.91. The molecular formula is C25H30N4O4. The third-order valence-corrected chi connectivity index (χ3v) is 5.85. The number of nitrogens with zero attached hydrogens (tertiary/aromatic N) is 3. The molecule has 1 atom stereocenters. The van der Waals surface area contributed by atoms with Crippen LogP contribution in [0.1, 0.15) is 30.1 Å². The fraction of sp³-hybridized carbons (Fsp3) is 0.400. The summed E-state index contributed by atoms with van der Waals surface area (Å²) < 4.78 is 11.2. The molecule has 1 aliphatic rings. The van der Waals surface area contributed by atoms with Gasteiger partial charge in [-0.3, -0.25) is 9.69 Å². The lowest BCUT2D eigenvalue weighted by molar-refractivity contribution is 0.0227. The van der Waals surface area contributed by atoms with E-state index in [-0.39, 0.29) is 19.4 Å². The van der Waals surface area contributed by atoms with E-state index in [2.05, 4.69) is 20.4 Å². The molecular weight excluding hydrogens is 420 g/mol. The molecule has 3 aromatic rings. The Morgan fingerprint density at radius 1 is 1.21 bits per heavy atom. The van der Waals surface area contributed by atoms with E-state index in [4.69, 9.17) is 9.47 Å². The molecule has 1 saturated heterocycles. The number of aliphatic hydroxyl groups is 1. The molecule has 33 heavy (non-hydrogen) atoms. The molecule has 0 amide bonds. The van der Waals surface area contributed by atoms with Crippen molar-refractivity contribution in [3.63, 3.8) is 0 Å². The molecule has 0 radical (unpaired) electrons. The van der Waals surface area contributed by atoms with Gasteiger partial charge in [0.2, 0.25) is 0 Å². The predicted molar refractivity (Wildman–Crippen MR) is 128 cm³/mol. The highest BCUT2D eigenvalue weighted by atomic mass is 16.7. The van der Waals surface area contributed by atoms with E-state index in [1.165, 1.54) is 0 Å². The number of fused-ring (bicyclic) bond motifs is 1. The van der Waals surface area contributed by atoms with E-state index in [9.17, 15) is 9.90 Å². The molecule has 1 aliphatic heterocycles. The van der Waals surface area contributed by atoms with E-state index in [1.54, 1.807) is 12.1 Å². The molecule has 2 N–H and O–H groups in total. The highest BCUT2D eigenvalue weighted by Gasteiger charge is 2.22. The number of hydrogen-bond acceptors (Lipinski definition) is 8. The number of hydrogen-bond donors (Lipinski definition) is 2. The van der Waals surface area contributed by atoms with Crippen molar-refractivity contribution in [3.8, 4) is 17.0 Å². The van der Waals surface area contributed by atoms with E-state index >= 15 is 0 Å². The van der Waals surface area contributed by atoms with Gasteiger partial charge >= 0.3 is 0 Å². The lowest BCUT2D eigenvalue weighted by Gasteiger charge is -2.33. The zero-order valence-electron chi connectivity index (χ0n) is 18.9. The summed E-state index contributed by atoms with van der Waals surface area (Å²) >= 11 is 0. The second kappa shape index (κ2) is 11.2. The van der Waals surface area contributed by atoms with Crippen molar-refractivity contribution >= 4 is 22.9 Å². The number of β-amino-alcohol motifs (C(OH)–C–C–N with tert-alkyl or cyclic N) is 1. The number of likely N-dealkylation sites (tertiary alicyclic amines) is 1. The highest BCUT2D eigenvalue weighted by Crippen LogP contribution is 2.36. The number of ether oxygens (including phenoxy) is 2. The second-order valence-corrected chi connectivity index (χ2v) is 8.08. The first-order chi connectivity index (χ1) is 16.2. The Labute approximate surface area is 193 Å². The zero-order chi connectivity index (χ0) is 23.0. The number of piperidine rings is 1. The van der Waals surface area contributed by atoms with Gasteiger partial charge in [-0.25, -0.2) is 0 Å². The van der Waals surface area contributed by atoms with Crippen molar-refractivity contribution < 1.29 is 19.4 Å². The fourth-order valence-corrected chi connectivity index (χ4v) is 4.24. The maximum absolute atomic E-state index is 11.3. The minimum atomic E-state index is 0.0861. The summed E-state index contributed by atoms with van der Waals surface area (Å²) in [5.41, 5.74) is 1.96. The lowest BCUT2D eigenvalue weighted by atomic mass is 10.0. The molecule has 0 spiro atoms. The molecule has 2 heterocycles. The normalized spacial score (nSPS) is 16.6. The van der Waals surface area contributed by atoms with Gasteiger partial charge in [0.25, 0.3) is 0 Å². The van der Waals surface area contributed by atoms with Crippen LogP contribution in [0.3, 0.4) is 0 Å². The van der Waals surface area contributed by atoms with Crippen molar-refractivity contribution in [3.05, 3.63) is 48.0 Å². The number of rotatable bonds is 10. The lowest BCUT2D eigenvalue weighted by Crippen LogP contribution is -2.43. The van der Waals surface area contributed by atoms with E-state index < -0.39 is 0 Å². The van der Waals surface area contributed by atoms with Crippen LogP contribution in [0.5, 0.6) is 5.75 Å². The molecule has 8 nitrogen and oxygen atoms in total. The molecule has 0 unspecified atom stereocenters. The van der Waals surface area contributed by atoms with Gasteiger partial charge in [-0.1, -0.05) is 30.3 Å². The minimum Gasteiger partial charge on any atom is -0.467 e. The zero-order valence-corrected chi connectivity index (χ0v) is 18.9. The van der Waals surface area contributed by atoms with Crippen LogP contribution in [0.4, 0.5) is 5.82 Å². The van der Waals surface area contributed by atoms with Gasteiger partial charge in [0.05, 0.1) is 6.61 Å². The smallest absolute Gasteiger partial charge is 0.189 e. The molecule has 2 aromatic carbocycles. The van der Waals surface area contributed by atoms with Gasteiger partial charge in [0.1, 0.15) is 17.7 Å². The molecule has 1 aromatic heterocycles. The third-order valence-electron chi connectivity index (χ3n) is 5.85. The second-order valence-electron chi connectivity index (χ2n) is 8.08. The molecule has 0 saturated carbocycles. The van der Waals surface area contributed by atoms with Gasteiger partial charge in [0, 0.05) is 47.6 Å². The first kappa shape index (κ1) is 23.1. The summed E-state index contributed by atoms with van der Waals surface area (Å²) in [6, 6.07) is 13.5. The highest BCUT2D eigenvalue weighted by molar-refractivity contribution is 6.01. The number of carbonyl (C=O) groups is 1. The summed E-state index contributed by atoms with van der Waals surface area (Å²) in [5.74, 6) is 1.27. The van der Waals surface area contributed by atoms with Crippen LogP contribution in [0.2, 0.25) is 0 Å². The van der Waals surface area contributed by atoms with Crippen molar-refractivity contribution in [1.82, 2.24) is 15.1 Å². The number of carbonyl (C=O) groups excluding carboxylic acids is 1. The molecule has 174 valence electrons. The summed E-state index contributed by atoms with van der Waals surface area (Å²) in [5, 5.41) is 23.9. The van der Waals surface area contributed by atoms with Gasteiger partial charge < -0.3 is 19.9 Å². The van der Waals surface area contributed by atoms with Crippen LogP contribution in [0.15, 0.2) is 42.5 Å². The van der Waals surface area contributed by atoms with Gasteiger partial charge in [-0.15, -0.1) is 10.2 Å². The number of benzene rings is 2. The van der Waals surface area contributed by atoms with Crippen LogP contribution < -0.4 is 10.1 Å². The van der Waals surface area contributed by atoms with Crippen LogP contribution in [-0.2, 0) is 4.74 Å². The first-order valence-corrected chi connectivity index (χ1v) is 11.4. The topological polar surface area (TPSA) is 96.8 Å². The van der Waals surface area contributed by atoms with E-state index in [0.717, 1.165) is 54.4 Å². The Kier molecular flexibility index (Phi) is 7.83. The molecule has 8 heteroatoms. The summed E-state index contributed by atoms with van der Waals surface area (Å²) in [4.78, 5) is 13.6. The van der Waals surface area contributed by atoms with Crippen molar-refractivity contribution in [2.75, 3.05) is 45.0 Å². The number of aromatic nitrogens is 2. The minimum absolute atomic E-state index is 0.0861. The van der Waals surface area contributed by atoms with Crippen LogP contribution in [0, 0.1) is 0 Å². The van der Waals surface area contributed by atoms with E-state index in [0.29, 0.717) is 30.2 Å². The molecule has 0 aliphatic carbocycles. The van der Waals surface area contributed by atoms with Crippen LogP contribution in [-0.4, -0.2) is 72.2 Å². The Hall–Kier alpha value is -3.07. The standard InChI is InChI=1S/C25H30N4O4/c1-2-32-17-33-23-14-18(16-31)9-10-22(23)24-20-7-3-4-8-21(20)25(28-27-24)26-19-6-5-11-29(15-19)12-13-30/h3-4,7-10,14,16,19,30H,2,5-6,11-13,15,17H2,1H3,(H,26,28)/t19-/m1/s1.